The third-order valence-corrected chi connectivity index (χ3v) is 1.54. The number of carbonyl (C=O) groups excluding carboxylic acids is 1. The van der Waals surface area contributed by atoms with Crippen LogP contribution in [0.4, 0.5) is 0 Å². The van der Waals surface area contributed by atoms with Gasteiger partial charge in [-0.05, 0) is 13.8 Å². The molecule has 1 N–H and O–H groups in total. The van der Waals surface area contributed by atoms with Gasteiger partial charge in [0, 0.05) is 13.5 Å². The predicted octanol–water partition coefficient (Wildman–Crippen LogP) is 1.07. The Morgan fingerprint density at radius 3 is 1.71 bits per heavy atom. The van der Waals surface area contributed by atoms with Crippen LogP contribution in [0.15, 0.2) is 0 Å². The minimum atomic E-state index is -1.04. The third kappa shape index (κ3) is 7.54. The second kappa shape index (κ2) is 7.32. The molecular formula is C9H18O5. The molecule has 5 nitrogen and oxygen atoms in total. The number of carboxylic acid groups (broad SMARTS) is 1. The lowest BCUT2D eigenvalue weighted by Gasteiger charge is -2.15. The zero-order valence-corrected chi connectivity index (χ0v) is 9.29. The molecule has 0 aromatic carbocycles. The molecule has 0 spiro atoms. The normalized spacial score (nSPS) is 9.79. The summed E-state index contributed by atoms with van der Waals surface area (Å²) in [5.74, 6) is -1.10. The highest BCUT2D eigenvalue weighted by atomic mass is 16.5. The van der Waals surface area contributed by atoms with Crippen molar-refractivity contribution in [3.05, 3.63) is 0 Å². The van der Waals surface area contributed by atoms with Crippen LogP contribution in [0.5, 0.6) is 0 Å². The van der Waals surface area contributed by atoms with Crippen LogP contribution in [0.1, 0.15) is 27.2 Å². The molecule has 0 fully saturated rings. The van der Waals surface area contributed by atoms with Gasteiger partial charge < -0.3 is 14.6 Å². The highest BCUT2D eigenvalue weighted by Gasteiger charge is 2.25. The molecule has 0 aliphatic heterocycles. The maximum atomic E-state index is 10.1. The van der Waals surface area contributed by atoms with Crippen LogP contribution in [0, 0.1) is 0 Å². The number of hydrogen-bond donors (Lipinski definition) is 1. The molecule has 5 heteroatoms. The van der Waals surface area contributed by atoms with E-state index in [1.165, 1.54) is 28.1 Å². The largest absolute Gasteiger partial charge is 0.479 e. The molecule has 84 valence electrons. The lowest BCUT2D eigenvalue weighted by atomic mass is 10.1. The fourth-order valence-corrected chi connectivity index (χ4v) is 0.232. The van der Waals surface area contributed by atoms with Gasteiger partial charge in [0.15, 0.2) is 5.60 Å². The summed E-state index contributed by atoms with van der Waals surface area (Å²) in [5.41, 5.74) is -1.04. The first kappa shape index (κ1) is 15.4. The van der Waals surface area contributed by atoms with Gasteiger partial charge in [-0.2, -0.15) is 0 Å². The maximum Gasteiger partial charge on any atom is 0.335 e. The lowest BCUT2D eigenvalue weighted by molar-refractivity contribution is -0.157. The molecule has 0 aliphatic carbocycles. The van der Waals surface area contributed by atoms with Gasteiger partial charge in [-0.3, -0.25) is 4.79 Å². The van der Waals surface area contributed by atoms with Crippen LogP contribution >= 0.6 is 0 Å². The Kier molecular flexibility index (Phi) is 8.04. The van der Waals surface area contributed by atoms with E-state index in [1.807, 2.05) is 0 Å². The van der Waals surface area contributed by atoms with Crippen molar-refractivity contribution in [1.82, 2.24) is 0 Å². The quantitative estimate of drug-likeness (QED) is 0.699. The van der Waals surface area contributed by atoms with Gasteiger partial charge in [0.1, 0.15) is 0 Å². The molecule has 0 heterocycles. The SMILES string of the molecule is CCC(=O)OC.COC(C)(C)C(=O)O. The molecule has 14 heavy (non-hydrogen) atoms. The molecule has 0 atom stereocenters. The minimum absolute atomic E-state index is 0.157. The molecule has 0 unspecified atom stereocenters. The highest BCUT2D eigenvalue weighted by molar-refractivity contribution is 5.76. The number of hydrogen-bond acceptors (Lipinski definition) is 4. The number of methoxy groups -OCH3 is 2. The van der Waals surface area contributed by atoms with Gasteiger partial charge in [-0.1, -0.05) is 6.92 Å². The second-order valence-corrected chi connectivity index (χ2v) is 2.95. The summed E-state index contributed by atoms with van der Waals surface area (Å²) in [4.78, 5) is 20.1. The summed E-state index contributed by atoms with van der Waals surface area (Å²) >= 11 is 0. The molecule has 0 saturated heterocycles. The Labute approximate surface area is 84.0 Å². The highest BCUT2D eigenvalue weighted by Crippen LogP contribution is 2.05. The van der Waals surface area contributed by atoms with Crippen LogP contribution in [-0.4, -0.2) is 36.9 Å². The number of aliphatic carboxylic acids is 1. The maximum absolute atomic E-state index is 10.1. The van der Waals surface area contributed by atoms with Gasteiger partial charge in [0.2, 0.25) is 0 Å². The monoisotopic (exact) mass is 206 g/mol. The first-order chi connectivity index (χ1) is 6.31. The van der Waals surface area contributed by atoms with Crippen LogP contribution in [0.2, 0.25) is 0 Å². The summed E-state index contributed by atoms with van der Waals surface area (Å²) in [5, 5.41) is 8.32. The molecular weight excluding hydrogens is 188 g/mol. The van der Waals surface area contributed by atoms with Crippen molar-refractivity contribution in [2.75, 3.05) is 14.2 Å². The van der Waals surface area contributed by atoms with Gasteiger partial charge in [0.25, 0.3) is 0 Å². The Bertz CT molecular complexity index is 180. The Balaban J connectivity index is 0. The average Bonchev–Trinajstić information content (AvgIpc) is 2.17. The van der Waals surface area contributed by atoms with Crippen molar-refractivity contribution in [1.29, 1.82) is 0 Å². The topological polar surface area (TPSA) is 72.8 Å². The number of rotatable bonds is 3. The molecule has 0 aromatic heterocycles. The van der Waals surface area contributed by atoms with Crippen molar-refractivity contribution < 1.29 is 24.2 Å². The smallest absolute Gasteiger partial charge is 0.335 e. The van der Waals surface area contributed by atoms with E-state index in [0.717, 1.165) is 0 Å². The van der Waals surface area contributed by atoms with E-state index in [2.05, 4.69) is 9.47 Å². The van der Waals surface area contributed by atoms with E-state index < -0.39 is 11.6 Å². The molecule has 0 amide bonds. The Hall–Kier alpha value is -1.10. The first-order valence-electron chi connectivity index (χ1n) is 4.17. The van der Waals surface area contributed by atoms with E-state index in [1.54, 1.807) is 6.92 Å². The molecule has 0 radical (unpaired) electrons. The predicted molar refractivity (Wildman–Crippen MR) is 51.0 cm³/mol. The standard InChI is InChI=1S/C5H10O3.C4H8O2/c1-5(2,8-3)4(6)7;1-3-4(5)6-2/h1-3H3,(H,6,7);3H2,1-2H3. The zero-order valence-electron chi connectivity index (χ0n) is 9.29. The number of ether oxygens (including phenoxy) is 2. The number of carboxylic acids is 1. The Morgan fingerprint density at radius 1 is 1.29 bits per heavy atom. The second-order valence-electron chi connectivity index (χ2n) is 2.95. The summed E-state index contributed by atoms with van der Waals surface area (Å²) in [6.07, 6.45) is 0.469. The van der Waals surface area contributed by atoms with Crippen LogP contribution in [0.3, 0.4) is 0 Å². The van der Waals surface area contributed by atoms with Crippen LogP contribution in [-0.2, 0) is 19.1 Å². The first-order valence-corrected chi connectivity index (χ1v) is 4.17. The summed E-state index contributed by atoms with van der Waals surface area (Å²) in [6, 6.07) is 0. The number of esters is 1. The van der Waals surface area contributed by atoms with Crippen molar-refractivity contribution in [3.63, 3.8) is 0 Å². The molecule has 0 saturated carbocycles. The van der Waals surface area contributed by atoms with E-state index in [9.17, 15) is 9.59 Å². The van der Waals surface area contributed by atoms with E-state index in [4.69, 9.17) is 5.11 Å². The summed E-state index contributed by atoms with van der Waals surface area (Å²) in [7, 11) is 2.75. The van der Waals surface area contributed by atoms with Crippen LogP contribution in [0.25, 0.3) is 0 Å². The molecule has 0 aromatic rings. The minimum Gasteiger partial charge on any atom is -0.479 e. The summed E-state index contributed by atoms with van der Waals surface area (Å²) in [6.45, 7) is 4.75. The fourth-order valence-electron chi connectivity index (χ4n) is 0.232. The van der Waals surface area contributed by atoms with E-state index in [0.29, 0.717) is 6.42 Å². The lowest BCUT2D eigenvalue weighted by Crippen LogP contribution is -2.33. The molecule has 0 rings (SSSR count). The third-order valence-electron chi connectivity index (χ3n) is 1.54. The van der Waals surface area contributed by atoms with Gasteiger partial charge >= 0.3 is 11.9 Å². The van der Waals surface area contributed by atoms with Crippen molar-refractivity contribution in [2.45, 2.75) is 32.8 Å². The molecule has 0 bridgehead atoms. The number of carbonyl (C=O) groups is 2. The fraction of sp³-hybridized carbons (Fsp3) is 0.778. The van der Waals surface area contributed by atoms with Gasteiger partial charge in [-0.25, -0.2) is 4.79 Å². The van der Waals surface area contributed by atoms with Crippen molar-refractivity contribution >= 4 is 11.9 Å². The van der Waals surface area contributed by atoms with Crippen LogP contribution < -0.4 is 0 Å². The summed E-state index contributed by atoms with van der Waals surface area (Å²) < 4.78 is 8.86. The van der Waals surface area contributed by atoms with Crippen molar-refractivity contribution in [2.24, 2.45) is 0 Å². The van der Waals surface area contributed by atoms with Gasteiger partial charge in [-0.15, -0.1) is 0 Å². The van der Waals surface area contributed by atoms with E-state index >= 15 is 0 Å². The molecule has 0 aliphatic rings. The zero-order chi connectivity index (χ0) is 11.8. The average molecular weight is 206 g/mol. The van der Waals surface area contributed by atoms with E-state index in [-0.39, 0.29) is 5.97 Å². The van der Waals surface area contributed by atoms with Crippen molar-refractivity contribution in [3.8, 4) is 0 Å². The Morgan fingerprint density at radius 2 is 1.71 bits per heavy atom. The van der Waals surface area contributed by atoms with Gasteiger partial charge in [0.05, 0.1) is 7.11 Å².